The monoisotopic (exact) mass is 479 g/mol. The number of nitrogens with zero attached hydrogens (tertiary/aromatic N) is 1. The molecule has 3 heterocycles. The molecule has 0 spiro atoms. The van der Waals surface area contributed by atoms with Crippen molar-refractivity contribution in [1.29, 1.82) is 0 Å². The van der Waals surface area contributed by atoms with Crippen LogP contribution >= 0.6 is 0 Å². The van der Waals surface area contributed by atoms with Crippen molar-refractivity contribution in [1.82, 2.24) is 0 Å². The van der Waals surface area contributed by atoms with Gasteiger partial charge in [0.1, 0.15) is 38.5 Å². The summed E-state index contributed by atoms with van der Waals surface area (Å²) in [5, 5.41) is 0. The summed E-state index contributed by atoms with van der Waals surface area (Å²) >= 11 is 0. The molecule has 180 valence electrons. The Bertz CT molecular complexity index is 1080. The number of alkyl halides is 3. The SMILES string of the molecule is O=C1CC([NH+]2CC[NH+](Cc3ccc4c(c3)OCO4)CC2)C(=O)N1c1ccc(OC(F)(F)F)cc1. The topological polar surface area (TPSA) is 74.0 Å². The van der Waals surface area contributed by atoms with Gasteiger partial charge in [0.25, 0.3) is 5.91 Å². The molecule has 0 saturated carbocycles. The quantitative estimate of drug-likeness (QED) is 0.588. The predicted molar refractivity (Wildman–Crippen MR) is 112 cm³/mol. The molecule has 0 bridgehead atoms. The molecule has 0 radical (unpaired) electrons. The van der Waals surface area contributed by atoms with Gasteiger partial charge in [0.05, 0.1) is 12.1 Å². The van der Waals surface area contributed by atoms with Gasteiger partial charge in [-0.1, -0.05) is 0 Å². The number of anilines is 1. The second-order valence-electron chi connectivity index (χ2n) is 8.64. The van der Waals surface area contributed by atoms with Crippen molar-refractivity contribution in [3.63, 3.8) is 0 Å². The van der Waals surface area contributed by atoms with Crippen molar-refractivity contribution in [2.24, 2.45) is 0 Å². The van der Waals surface area contributed by atoms with Crippen molar-refractivity contribution in [3.05, 3.63) is 48.0 Å². The number of imide groups is 1. The van der Waals surface area contributed by atoms with E-state index in [9.17, 15) is 22.8 Å². The van der Waals surface area contributed by atoms with Gasteiger partial charge < -0.3 is 24.0 Å². The molecule has 0 aromatic heterocycles. The summed E-state index contributed by atoms with van der Waals surface area (Å²) in [6.07, 6.45) is -4.71. The Morgan fingerprint density at radius 2 is 1.68 bits per heavy atom. The van der Waals surface area contributed by atoms with Crippen LogP contribution < -0.4 is 28.9 Å². The largest absolute Gasteiger partial charge is 0.573 e. The summed E-state index contributed by atoms with van der Waals surface area (Å²) in [6.45, 7) is 4.27. The maximum Gasteiger partial charge on any atom is 0.573 e. The van der Waals surface area contributed by atoms with Crippen molar-refractivity contribution in [3.8, 4) is 17.2 Å². The van der Waals surface area contributed by atoms with E-state index in [1.807, 2.05) is 18.2 Å². The molecule has 5 rings (SSSR count). The van der Waals surface area contributed by atoms with Crippen LogP contribution in [0.5, 0.6) is 17.2 Å². The van der Waals surface area contributed by atoms with Crippen LogP contribution in [-0.2, 0) is 16.1 Å². The number of ether oxygens (including phenoxy) is 3. The lowest BCUT2D eigenvalue weighted by atomic mass is 10.1. The normalized spacial score (nSPS) is 24.6. The fourth-order valence-electron chi connectivity index (χ4n) is 4.81. The van der Waals surface area contributed by atoms with E-state index in [4.69, 9.17) is 9.47 Å². The van der Waals surface area contributed by atoms with Crippen LogP contribution in [0.15, 0.2) is 42.5 Å². The molecule has 2 fully saturated rings. The number of halogens is 3. The highest BCUT2D eigenvalue weighted by Crippen LogP contribution is 2.32. The maximum absolute atomic E-state index is 13.1. The summed E-state index contributed by atoms with van der Waals surface area (Å²) in [7, 11) is 0. The molecule has 1 atom stereocenters. The molecular formula is C23H24F3N3O5+2. The molecule has 0 aliphatic carbocycles. The van der Waals surface area contributed by atoms with Crippen LogP contribution in [0.1, 0.15) is 12.0 Å². The molecule has 2 aromatic carbocycles. The van der Waals surface area contributed by atoms with Crippen LogP contribution in [0.4, 0.5) is 18.9 Å². The van der Waals surface area contributed by atoms with Crippen molar-refractivity contribution in [2.75, 3.05) is 37.9 Å². The third kappa shape index (κ3) is 4.66. The number of rotatable bonds is 5. The van der Waals surface area contributed by atoms with Crippen LogP contribution in [-0.4, -0.2) is 57.2 Å². The number of hydrogen-bond acceptors (Lipinski definition) is 5. The fraction of sp³-hybridized carbons (Fsp3) is 0.391. The molecule has 2 amide bonds. The van der Waals surface area contributed by atoms with Gasteiger partial charge in [-0.15, -0.1) is 13.2 Å². The van der Waals surface area contributed by atoms with E-state index in [1.165, 1.54) is 17.0 Å². The predicted octanol–water partition coefficient (Wildman–Crippen LogP) is -0.0706. The van der Waals surface area contributed by atoms with Gasteiger partial charge in [0.15, 0.2) is 17.5 Å². The Hall–Kier alpha value is -3.31. The second kappa shape index (κ2) is 8.80. The highest BCUT2D eigenvalue weighted by atomic mass is 19.4. The third-order valence-electron chi connectivity index (χ3n) is 6.46. The van der Waals surface area contributed by atoms with E-state index < -0.39 is 18.2 Å². The number of hydrogen-bond donors (Lipinski definition) is 2. The molecular weight excluding hydrogens is 455 g/mol. The minimum Gasteiger partial charge on any atom is -0.454 e. The lowest BCUT2D eigenvalue weighted by Gasteiger charge is -2.32. The van der Waals surface area contributed by atoms with E-state index >= 15 is 0 Å². The molecule has 2 saturated heterocycles. The minimum absolute atomic E-state index is 0.0897. The number of carbonyl (C=O) groups excluding carboxylic acids is 2. The van der Waals surface area contributed by atoms with E-state index in [-0.39, 0.29) is 30.7 Å². The van der Waals surface area contributed by atoms with Gasteiger partial charge in [0.2, 0.25) is 12.7 Å². The number of carbonyl (C=O) groups is 2. The number of fused-ring (bicyclic) bond motifs is 1. The summed E-state index contributed by atoms with van der Waals surface area (Å²) < 4.78 is 51.8. The fourth-order valence-corrected chi connectivity index (χ4v) is 4.81. The van der Waals surface area contributed by atoms with Gasteiger partial charge in [0, 0.05) is 5.56 Å². The first kappa shape index (κ1) is 22.5. The molecule has 11 heteroatoms. The molecule has 1 unspecified atom stereocenters. The first-order valence-electron chi connectivity index (χ1n) is 11.1. The minimum atomic E-state index is -4.80. The summed E-state index contributed by atoms with van der Waals surface area (Å²) in [5.41, 5.74) is 1.40. The lowest BCUT2D eigenvalue weighted by molar-refractivity contribution is -1.02. The van der Waals surface area contributed by atoms with Gasteiger partial charge >= 0.3 is 6.36 Å². The van der Waals surface area contributed by atoms with E-state index in [2.05, 4.69) is 4.74 Å². The maximum atomic E-state index is 13.1. The van der Waals surface area contributed by atoms with Crippen LogP contribution in [0.3, 0.4) is 0 Å². The zero-order valence-corrected chi connectivity index (χ0v) is 18.2. The van der Waals surface area contributed by atoms with Gasteiger partial charge in [-0.2, -0.15) is 0 Å². The third-order valence-corrected chi connectivity index (χ3v) is 6.46. The first-order chi connectivity index (χ1) is 16.3. The lowest BCUT2D eigenvalue weighted by Crippen LogP contribution is -3.29. The van der Waals surface area contributed by atoms with Crippen LogP contribution in [0.2, 0.25) is 0 Å². The number of amides is 2. The Balaban J connectivity index is 1.18. The zero-order chi connectivity index (χ0) is 23.9. The molecule has 8 nitrogen and oxygen atoms in total. The molecule has 2 aromatic rings. The molecule has 3 aliphatic rings. The smallest absolute Gasteiger partial charge is 0.454 e. The van der Waals surface area contributed by atoms with Crippen molar-refractivity contribution < 1.29 is 46.8 Å². The van der Waals surface area contributed by atoms with Gasteiger partial charge in [-0.3, -0.25) is 9.59 Å². The molecule has 3 aliphatic heterocycles. The highest BCUT2D eigenvalue weighted by molar-refractivity contribution is 6.21. The van der Waals surface area contributed by atoms with Crippen LogP contribution in [0, 0.1) is 0 Å². The van der Waals surface area contributed by atoms with E-state index in [1.54, 1.807) is 0 Å². The van der Waals surface area contributed by atoms with Crippen molar-refractivity contribution >= 4 is 17.5 Å². The zero-order valence-electron chi connectivity index (χ0n) is 18.2. The number of quaternary nitrogens is 2. The standard InChI is InChI=1S/C23H22F3N3O5/c24-23(25,26)34-17-4-2-16(3-5-17)29-21(30)12-18(22(29)31)28-9-7-27(8-10-28)13-15-1-6-19-20(11-15)33-14-32-19/h1-6,11,18H,7-10,12-14H2/p+2. The van der Waals surface area contributed by atoms with Crippen LogP contribution in [0.25, 0.3) is 0 Å². The Morgan fingerprint density at radius 3 is 2.38 bits per heavy atom. The average Bonchev–Trinajstić information content (AvgIpc) is 3.37. The van der Waals surface area contributed by atoms with Crippen molar-refractivity contribution in [2.45, 2.75) is 25.4 Å². The van der Waals surface area contributed by atoms with Gasteiger partial charge in [-0.05, 0) is 42.5 Å². The number of benzene rings is 2. The second-order valence-corrected chi connectivity index (χ2v) is 8.64. The van der Waals surface area contributed by atoms with E-state index in [0.717, 1.165) is 71.7 Å². The Labute approximate surface area is 193 Å². The Kier molecular flexibility index (Phi) is 5.82. The molecule has 34 heavy (non-hydrogen) atoms. The molecule has 2 N–H and O–H groups in total. The number of nitrogens with one attached hydrogen (secondary N) is 2. The summed E-state index contributed by atoms with van der Waals surface area (Å²) in [4.78, 5) is 29.2. The summed E-state index contributed by atoms with van der Waals surface area (Å²) in [5.74, 6) is 0.448. The Morgan fingerprint density at radius 1 is 0.971 bits per heavy atom. The highest BCUT2D eigenvalue weighted by Gasteiger charge is 2.47. The van der Waals surface area contributed by atoms with Gasteiger partial charge in [-0.25, -0.2) is 4.90 Å². The first-order valence-corrected chi connectivity index (χ1v) is 11.1. The average molecular weight is 479 g/mol. The summed E-state index contributed by atoms with van der Waals surface area (Å²) in [6, 6.07) is 10.2. The number of piperazine rings is 1. The van der Waals surface area contributed by atoms with E-state index in [0.29, 0.717) is 0 Å².